The fraction of sp³-hybridized carbons (Fsp3) is 0.182. The van der Waals surface area contributed by atoms with E-state index in [-0.39, 0.29) is 10.2 Å². The molecule has 0 fully saturated rings. The molecule has 0 aliphatic carbocycles. The van der Waals surface area contributed by atoms with Crippen LogP contribution in [0.4, 0.5) is 0 Å². The van der Waals surface area contributed by atoms with Gasteiger partial charge in [0.2, 0.25) is 0 Å². The van der Waals surface area contributed by atoms with Crippen LogP contribution < -0.4 is 11.5 Å². The molecular formula is C11H15ClCoN7S2+. The van der Waals surface area contributed by atoms with Crippen LogP contribution >= 0.6 is 10.1 Å². The van der Waals surface area contributed by atoms with Gasteiger partial charge in [0.25, 0.3) is 0 Å². The first-order valence-electron chi connectivity index (χ1n) is 5.64. The molecule has 0 bridgehead atoms. The molecule has 0 spiro atoms. The molecule has 0 unspecified atom stereocenters. The van der Waals surface area contributed by atoms with Gasteiger partial charge in [0.05, 0.1) is 11.4 Å². The summed E-state index contributed by atoms with van der Waals surface area (Å²) in [5.74, 6) is 0. The van der Waals surface area contributed by atoms with Gasteiger partial charge in [-0.15, -0.1) is 0 Å². The van der Waals surface area contributed by atoms with Crippen molar-refractivity contribution >= 4 is 56.2 Å². The van der Waals surface area contributed by atoms with Crippen LogP contribution in [0.5, 0.6) is 0 Å². The van der Waals surface area contributed by atoms with E-state index in [0.717, 1.165) is 0 Å². The Morgan fingerprint density at radius 2 is 1.41 bits per heavy atom. The SMILES string of the molecule is CC(=N[N-]C(N)=[SH+])c1cccc(C(C)=N[N-]C(N)=[SH+])n1.[Cl][Co+]. The Bertz CT molecular complexity index is 544. The predicted molar refractivity (Wildman–Crippen MR) is 97.1 cm³/mol. The van der Waals surface area contributed by atoms with Gasteiger partial charge in [0.1, 0.15) is 0 Å². The van der Waals surface area contributed by atoms with Crippen molar-refractivity contribution in [2.24, 2.45) is 21.7 Å². The zero-order chi connectivity index (χ0) is 17.1. The molecule has 4 N–H and O–H groups in total. The number of pyridine rings is 1. The first kappa shape index (κ1) is 21.0. The second kappa shape index (κ2) is 11.5. The molecule has 0 atom stereocenters. The summed E-state index contributed by atoms with van der Waals surface area (Å²) in [5, 5.41) is 7.98. The molecule has 0 radical (unpaired) electrons. The molecule has 121 valence electrons. The standard InChI is InChI=1S/C11H15N7S2.ClH.Co/c1-6(15-17-10(12)19)8-4-3-5-9(14-8)7(2)16-18-11(13)20;;/h3-5H,1-2H3,(H6,12,13,14,17,18,19,20);1H;/q;;+2/p-1. The maximum atomic E-state index is 5.30. The van der Waals surface area contributed by atoms with Crippen LogP contribution in [-0.4, -0.2) is 26.6 Å². The summed E-state index contributed by atoms with van der Waals surface area (Å²) in [6.07, 6.45) is 0. The van der Waals surface area contributed by atoms with E-state index in [9.17, 15) is 0 Å². The van der Waals surface area contributed by atoms with Gasteiger partial charge in [-0.25, -0.2) is 4.98 Å². The summed E-state index contributed by atoms with van der Waals surface area (Å²) in [5.41, 5.74) is 20.4. The van der Waals surface area contributed by atoms with Gasteiger partial charge in [-0.05, 0) is 26.0 Å². The third-order valence-electron chi connectivity index (χ3n) is 2.10. The van der Waals surface area contributed by atoms with E-state index < -0.39 is 0 Å². The zero-order valence-corrected chi connectivity index (χ0v) is 15.3. The van der Waals surface area contributed by atoms with E-state index in [1.165, 1.54) is 0 Å². The van der Waals surface area contributed by atoms with Gasteiger partial charge in [-0.1, -0.05) is 6.07 Å². The molecule has 1 heterocycles. The molecule has 22 heavy (non-hydrogen) atoms. The van der Waals surface area contributed by atoms with Gasteiger partial charge in [-0.2, -0.15) is 0 Å². The molecule has 1 rings (SSSR count). The average molecular weight is 404 g/mol. The second-order valence-electron chi connectivity index (χ2n) is 3.70. The molecule has 0 aliphatic heterocycles. The van der Waals surface area contributed by atoms with Crippen LogP contribution in [0.25, 0.3) is 10.9 Å². The van der Waals surface area contributed by atoms with Crippen molar-refractivity contribution in [3.8, 4) is 0 Å². The Morgan fingerprint density at radius 1 is 1.05 bits per heavy atom. The van der Waals surface area contributed by atoms with Crippen LogP contribution in [0.1, 0.15) is 25.2 Å². The topological polar surface area (TPSA) is 118 Å². The van der Waals surface area contributed by atoms with E-state index >= 15 is 0 Å². The van der Waals surface area contributed by atoms with Crippen molar-refractivity contribution in [1.82, 2.24) is 4.98 Å². The van der Waals surface area contributed by atoms with Gasteiger partial charge < -0.3 is 21.1 Å². The van der Waals surface area contributed by atoms with E-state index in [4.69, 9.17) is 11.5 Å². The minimum absolute atomic E-state index is 0.0804. The zero-order valence-electron chi connectivity index (χ0n) is 11.7. The molecule has 0 saturated heterocycles. The normalized spacial score (nSPS) is 11.2. The molecule has 7 nitrogen and oxygen atoms in total. The molecule has 0 saturated carbocycles. The molecule has 1 aromatic heterocycles. The number of rotatable bonds is 4. The van der Waals surface area contributed by atoms with E-state index in [0.29, 0.717) is 22.8 Å². The monoisotopic (exact) mass is 403 g/mol. The number of nitrogens with zero attached hydrogens (tertiary/aromatic N) is 5. The fourth-order valence-corrected chi connectivity index (χ4v) is 1.28. The molecule has 1 aromatic rings. The summed E-state index contributed by atoms with van der Waals surface area (Å²) in [7, 11) is 4.33. The van der Waals surface area contributed by atoms with E-state index in [2.05, 4.69) is 75.5 Å². The number of nitrogens with two attached hydrogens (primary N) is 2. The van der Waals surface area contributed by atoms with Crippen LogP contribution in [0.2, 0.25) is 0 Å². The molecule has 0 aromatic carbocycles. The van der Waals surface area contributed by atoms with Crippen molar-refractivity contribution in [3.05, 3.63) is 40.4 Å². The Balaban J connectivity index is 0.00000211. The number of aromatic nitrogens is 1. The Hall–Kier alpha value is -1.01. The molecular weight excluding hydrogens is 389 g/mol. The number of hydrogen-bond donors (Lipinski definition) is 2. The van der Waals surface area contributed by atoms with Crippen LogP contribution in [0, 0.1) is 0 Å². The summed E-state index contributed by atoms with van der Waals surface area (Å²) in [4.78, 5) is 4.40. The van der Waals surface area contributed by atoms with Crippen LogP contribution in [0.15, 0.2) is 28.4 Å². The van der Waals surface area contributed by atoms with Gasteiger partial charge in [0, 0.05) is 11.4 Å². The minimum atomic E-state index is 0.0804. The van der Waals surface area contributed by atoms with Crippen molar-refractivity contribution in [2.75, 3.05) is 0 Å². The van der Waals surface area contributed by atoms with Gasteiger partial charge >= 0.3 is 25.0 Å². The summed E-state index contributed by atoms with van der Waals surface area (Å²) < 4.78 is 0. The quantitative estimate of drug-likeness (QED) is 0.252. The Morgan fingerprint density at radius 3 is 1.73 bits per heavy atom. The third kappa shape index (κ3) is 8.43. The fourth-order valence-electron chi connectivity index (χ4n) is 1.19. The average Bonchev–Trinajstić information content (AvgIpc) is 2.52. The van der Waals surface area contributed by atoms with Gasteiger partial charge in [0.15, 0.2) is 34.7 Å². The van der Waals surface area contributed by atoms with Crippen molar-refractivity contribution in [2.45, 2.75) is 13.8 Å². The van der Waals surface area contributed by atoms with Crippen molar-refractivity contribution in [1.29, 1.82) is 0 Å². The third-order valence-corrected chi connectivity index (χ3v) is 2.27. The molecule has 11 heteroatoms. The Labute approximate surface area is 151 Å². The van der Waals surface area contributed by atoms with Gasteiger partial charge in [-0.3, -0.25) is 11.5 Å². The summed E-state index contributed by atoms with van der Waals surface area (Å²) in [6, 6.07) is 5.43. The first-order valence-corrected chi connectivity index (χ1v) is 7.96. The van der Waals surface area contributed by atoms with Crippen LogP contribution in [-0.2, 0) is 39.3 Å². The van der Waals surface area contributed by atoms with Crippen molar-refractivity contribution in [3.63, 3.8) is 0 Å². The second-order valence-corrected chi connectivity index (χ2v) is 4.61. The summed E-state index contributed by atoms with van der Waals surface area (Å²) in [6.45, 7) is 3.53. The van der Waals surface area contributed by atoms with E-state index in [1.54, 1.807) is 26.0 Å². The van der Waals surface area contributed by atoms with Crippen LogP contribution in [0.3, 0.4) is 0 Å². The predicted octanol–water partition coefficient (Wildman–Crippen LogP) is 0.615. The summed E-state index contributed by atoms with van der Waals surface area (Å²) >= 11 is 10.7. The number of halogens is 1. The van der Waals surface area contributed by atoms with E-state index in [1.807, 2.05) is 6.07 Å². The molecule has 0 amide bonds. The number of hydrogen-bond acceptors (Lipinski definition) is 3. The maximum absolute atomic E-state index is 5.30. The number of thiol groups is 2. The Kier molecular flexibility index (Phi) is 11.0. The first-order chi connectivity index (χ1) is 10.4. The molecule has 0 aliphatic rings. The van der Waals surface area contributed by atoms with Crippen molar-refractivity contribution < 1.29 is 14.8 Å².